The monoisotopic (exact) mass is 412 g/mol. The lowest BCUT2D eigenvalue weighted by molar-refractivity contribution is -0.164. The molecule has 8 nitrogen and oxygen atoms in total. The maximum atomic E-state index is 12.1. The molecule has 0 amide bonds. The van der Waals surface area contributed by atoms with E-state index in [1.165, 1.54) is 0 Å². The van der Waals surface area contributed by atoms with Gasteiger partial charge in [0.05, 0.1) is 14.2 Å². The zero-order valence-electron chi connectivity index (χ0n) is 16.3. The molecule has 0 aliphatic rings. The maximum absolute atomic E-state index is 12.1. The molecule has 156 valence electrons. The van der Waals surface area contributed by atoms with Crippen molar-refractivity contribution in [3.05, 3.63) is 83.9 Å². The van der Waals surface area contributed by atoms with E-state index in [1.54, 1.807) is 60.7 Å². The van der Waals surface area contributed by atoms with Crippen molar-refractivity contribution in [2.75, 3.05) is 14.2 Å². The fourth-order valence-corrected chi connectivity index (χ4v) is 2.42. The van der Waals surface area contributed by atoms with Crippen molar-refractivity contribution in [2.45, 2.75) is 12.2 Å². The standard InChI is InChI=1S/C22H20O8/c1-27-21(25)19(15-9-5-3-6-10-15)29-17(23)13-14-18(24)30-20(22(26)28-2)16-11-7-4-8-12-16/h3-14,19-20H,1-2H3/b14-13+. The zero-order valence-corrected chi connectivity index (χ0v) is 16.3. The second-order valence-electron chi connectivity index (χ2n) is 5.83. The van der Waals surface area contributed by atoms with Crippen molar-refractivity contribution >= 4 is 23.9 Å². The molecular weight excluding hydrogens is 392 g/mol. The fraction of sp³-hybridized carbons (Fsp3) is 0.182. The van der Waals surface area contributed by atoms with Gasteiger partial charge < -0.3 is 18.9 Å². The van der Waals surface area contributed by atoms with Crippen LogP contribution in [0.15, 0.2) is 72.8 Å². The summed E-state index contributed by atoms with van der Waals surface area (Å²) < 4.78 is 19.5. The van der Waals surface area contributed by atoms with Crippen LogP contribution in [0.3, 0.4) is 0 Å². The molecule has 0 saturated carbocycles. The molecule has 0 bridgehead atoms. The molecule has 2 aromatic carbocycles. The molecule has 2 unspecified atom stereocenters. The molecule has 0 aliphatic carbocycles. The van der Waals surface area contributed by atoms with Crippen LogP contribution in [0.1, 0.15) is 23.3 Å². The summed E-state index contributed by atoms with van der Waals surface area (Å²) in [7, 11) is 2.33. The molecule has 0 fully saturated rings. The first kappa shape index (κ1) is 22.4. The zero-order chi connectivity index (χ0) is 21.9. The minimum Gasteiger partial charge on any atom is -0.466 e. The number of hydrogen-bond acceptors (Lipinski definition) is 8. The summed E-state index contributed by atoms with van der Waals surface area (Å²) in [5.74, 6) is -3.50. The largest absolute Gasteiger partial charge is 0.466 e. The van der Waals surface area contributed by atoms with Gasteiger partial charge in [0.15, 0.2) is 0 Å². The molecule has 8 heteroatoms. The van der Waals surface area contributed by atoms with Crippen molar-refractivity contribution in [1.82, 2.24) is 0 Å². The highest BCUT2D eigenvalue weighted by Crippen LogP contribution is 2.20. The predicted molar refractivity (Wildman–Crippen MR) is 104 cm³/mol. The number of benzene rings is 2. The Hall–Kier alpha value is -3.94. The van der Waals surface area contributed by atoms with Crippen LogP contribution in [0, 0.1) is 0 Å². The van der Waals surface area contributed by atoms with Gasteiger partial charge in [0, 0.05) is 23.3 Å². The average molecular weight is 412 g/mol. The summed E-state index contributed by atoms with van der Waals surface area (Å²) in [6, 6.07) is 16.5. The molecule has 0 heterocycles. The summed E-state index contributed by atoms with van der Waals surface area (Å²) >= 11 is 0. The van der Waals surface area contributed by atoms with Gasteiger partial charge in [-0.2, -0.15) is 0 Å². The lowest BCUT2D eigenvalue weighted by Crippen LogP contribution is -2.21. The Morgan fingerprint density at radius 3 is 1.27 bits per heavy atom. The Morgan fingerprint density at radius 1 is 0.633 bits per heavy atom. The molecule has 0 spiro atoms. The van der Waals surface area contributed by atoms with Gasteiger partial charge in [-0.1, -0.05) is 60.7 Å². The van der Waals surface area contributed by atoms with E-state index in [0.29, 0.717) is 11.1 Å². The topological polar surface area (TPSA) is 105 Å². The van der Waals surface area contributed by atoms with Crippen LogP contribution in [0.4, 0.5) is 0 Å². The van der Waals surface area contributed by atoms with E-state index in [4.69, 9.17) is 9.47 Å². The molecule has 2 rings (SSSR count). The third-order valence-electron chi connectivity index (χ3n) is 3.86. The van der Waals surface area contributed by atoms with Gasteiger partial charge in [0.25, 0.3) is 0 Å². The molecule has 2 aromatic rings. The van der Waals surface area contributed by atoms with E-state index in [1.807, 2.05) is 0 Å². The Labute approximate surface area is 173 Å². The molecule has 0 radical (unpaired) electrons. The lowest BCUT2D eigenvalue weighted by Gasteiger charge is -2.15. The Bertz CT molecular complexity index is 830. The Balaban J connectivity index is 2.05. The number of carbonyl (C=O) groups excluding carboxylic acids is 4. The lowest BCUT2D eigenvalue weighted by atomic mass is 10.1. The molecule has 30 heavy (non-hydrogen) atoms. The highest BCUT2D eigenvalue weighted by atomic mass is 16.6. The van der Waals surface area contributed by atoms with E-state index >= 15 is 0 Å². The van der Waals surface area contributed by atoms with Crippen LogP contribution in [-0.2, 0) is 38.1 Å². The van der Waals surface area contributed by atoms with Crippen LogP contribution in [-0.4, -0.2) is 38.1 Å². The molecule has 0 saturated heterocycles. The number of rotatable bonds is 8. The quantitative estimate of drug-likeness (QED) is 0.370. The van der Waals surface area contributed by atoms with Crippen LogP contribution in [0.2, 0.25) is 0 Å². The Morgan fingerprint density at radius 2 is 0.967 bits per heavy atom. The van der Waals surface area contributed by atoms with Crippen molar-refractivity contribution in [3.63, 3.8) is 0 Å². The fourth-order valence-electron chi connectivity index (χ4n) is 2.42. The summed E-state index contributed by atoms with van der Waals surface area (Å²) in [6.45, 7) is 0. The van der Waals surface area contributed by atoms with Gasteiger partial charge in [-0.15, -0.1) is 0 Å². The van der Waals surface area contributed by atoms with Crippen molar-refractivity contribution in [3.8, 4) is 0 Å². The smallest absolute Gasteiger partial charge is 0.351 e. The Kier molecular flexibility index (Phi) is 8.31. The van der Waals surface area contributed by atoms with Gasteiger partial charge in [-0.3, -0.25) is 0 Å². The maximum Gasteiger partial charge on any atom is 0.351 e. The van der Waals surface area contributed by atoms with Crippen molar-refractivity contribution < 1.29 is 38.1 Å². The summed E-state index contributed by atoms with van der Waals surface area (Å²) in [4.78, 5) is 48.0. The molecule has 0 aromatic heterocycles. The highest BCUT2D eigenvalue weighted by Gasteiger charge is 2.26. The van der Waals surface area contributed by atoms with Crippen molar-refractivity contribution in [1.29, 1.82) is 0 Å². The van der Waals surface area contributed by atoms with E-state index in [-0.39, 0.29) is 0 Å². The second-order valence-corrected chi connectivity index (χ2v) is 5.83. The van der Waals surface area contributed by atoms with Crippen LogP contribution in [0.5, 0.6) is 0 Å². The van der Waals surface area contributed by atoms with Gasteiger partial charge in [-0.05, 0) is 0 Å². The highest BCUT2D eigenvalue weighted by molar-refractivity contribution is 5.94. The van der Waals surface area contributed by atoms with E-state index < -0.39 is 36.1 Å². The average Bonchev–Trinajstić information content (AvgIpc) is 2.79. The van der Waals surface area contributed by atoms with Gasteiger partial charge in [0.2, 0.25) is 12.2 Å². The molecule has 0 aliphatic heterocycles. The first-order chi connectivity index (χ1) is 14.5. The van der Waals surface area contributed by atoms with E-state index in [2.05, 4.69) is 9.47 Å². The molecule has 2 atom stereocenters. The summed E-state index contributed by atoms with van der Waals surface area (Å²) in [6.07, 6.45) is -1.01. The first-order valence-electron chi connectivity index (χ1n) is 8.81. The third kappa shape index (κ3) is 6.30. The number of ether oxygens (including phenoxy) is 4. The van der Waals surface area contributed by atoms with E-state index in [0.717, 1.165) is 26.4 Å². The normalized spacial score (nSPS) is 12.5. The van der Waals surface area contributed by atoms with Crippen molar-refractivity contribution in [2.24, 2.45) is 0 Å². The van der Waals surface area contributed by atoms with E-state index in [9.17, 15) is 19.2 Å². The minimum absolute atomic E-state index is 0.406. The minimum atomic E-state index is -1.29. The van der Waals surface area contributed by atoms with Crippen LogP contribution in [0.25, 0.3) is 0 Å². The molecular formula is C22H20O8. The summed E-state index contributed by atoms with van der Waals surface area (Å²) in [5, 5.41) is 0. The van der Waals surface area contributed by atoms with Crippen LogP contribution >= 0.6 is 0 Å². The SMILES string of the molecule is COC(=O)C(OC(=O)/C=C/C(=O)OC(C(=O)OC)c1ccccc1)c1ccccc1. The number of methoxy groups -OCH3 is 2. The van der Waals surface area contributed by atoms with Gasteiger partial charge >= 0.3 is 23.9 Å². The first-order valence-corrected chi connectivity index (χ1v) is 8.81. The van der Waals surface area contributed by atoms with Crippen LogP contribution < -0.4 is 0 Å². The van der Waals surface area contributed by atoms with Gasteiger partial charge in [0.1, 0.15) is 0 Å². The van der Waals surface area contributed by atoms with Gasteiger partial charge in [-0.25, -0.2) is 19.2 Å². The molecule has 0 N–H and O–H groups in total. The third-order valence-corrected chi connectivity index (χ3v) is 3.86. The second kappa shape index (κ2) is 11.2. The number of hydrogen-bond donors (Lipinski definition) is 0. The number of carbonyl (C=O) groups is 4. The predicted octanol–water partition coefficient (Wildman–Crippen LogP) is 2.46. The summed E-state index contributed by atoms with van der Waals surface area (Å²) in [5.41, 5.74) is 0.812. The number of esters is 4.